The molecule has 104 valence electrons. The molecule has 3 nitrogen and oxygen atoms in total. The summed E-state index contributed by atoms with van der Waals surface area (Å²) in [5.74, 6) is 0.145. The van der Waals surface area contributed by atoms with Crippen LogP contribution in [0.2, 0.25) is 0 Å². The minimum Gasteiger partial charge on any atom is -0.393 e. The van der Waals surface area contributed by atoms with Crippen molar-refractivity contribution in [3.8, 4) is 0 Å². The molecule has 0 heterocycles. The molecular weight excluding hydrogens is 245 g/mol. The van der Waals surface area contributed by atoms with E-state index < -0.39 is 0 Å². The third-order valence-corrected chi connectivity index (χ3v) is 3.93. The molecule has 1 saturated carbocycles. The third kappa shape index (κ3) is 3.39. The lowest BCUT2D eigenvalue weighted by molar-refractivity contribution is 0.0234. The molecule has 0 saturated heterocycles. The first-order valence-corrected chi connectivity index (χ1v) is 6.65. The Bertz CT molecular complexity index is 440. The quantitative estimate of drug-likeness (QED) is 0.829. The average molecular weight is 265 g/mol. The number of benzene rings is 1. The summed E-state index contributed by atoms with van der Waals surface area (Å²) in [5, 5.41) is 9.26. The molecule has 1 aliphatic carbocycles. The summed E-state index contributed by atoms with van der Waals surface area (Å²) in [6.45, 7) is 2.67. The largest absolute Gasteiger partial charge is 0.393 e. The first kappa shape index (κ1) is 14.2. The van der Waals surface area contributed by atoms with Crippen LogP contribution in [0.15, 0.2) is 24.3 Å². The highest BCUT2D eigenvalue weighted by Crippen LogP contribution is 2.28. The Morgan fingerprint density at radius 1 is 1.42 bits per heavy atom. The van der Waals surface area contributed by atoms with Crippen molar-refractivity contribution in [3.63, 3.8) is 0 Å². The molecular formula is C15H20FNO2. The number of carbonyl (C=O) groups is 1. The van der Waals surface area contributed by atoms with Crippen LogP contribution < -0.4 is 0 Å². The molecule has 1 unspecified atom stereocenters. The Morgan fingerprint density at radius 2 is 2.00 bits per heavy atom. The number of nitrogens with zero attached hydrogens (tertiary/aromatic N) is 1. The molecule has 19 heavy (non-hydrogen) atoms. The highest BCUT2D eigenvalue weighted by Gasteiger charge is 2.30. The predicted molar refractivity (Wildman–Crippen MR) is 71.6 cm³/mol. The first-order chi connectivity index (χ1) is 8.97. The molecule has 1 aromatic carbocycles. The zero-order valence-corrected chi connectivity index (χ0v) is 11.3. The Labute approximate surface area is 113 Å². The van der Waals surface area contributed by atoms with E-state index in [0.29, 0.717) is 11.5 Å². The van der Waals surface area contributed by atoms with Gasteiger partial charge in [-0.05, 0) is 57.0 Å². The molecule has 0 spiro atoms. The van der Waals surface area contributed by atoms with Crippen molar-refractivity contribution in [2.75, 3.05) is 13.6 Å². The van der Waals surface area contributed by atoms with Gasteiger partial charge in [-0.1, -0.05) is 0 Å². The van der Waals surface area contributed by atoms with E-state index in [0.717, 1.165) is 19.4 Å². The van der Waals surface area contributed by atoms with Gasteiger partial charge in [0.1, 0.15) is 5.82 Å². The number of halogens is 1. The van der Waals surface area contributed by atoms with Gasteiger partial charge < -0.3 is 5.11 Å². The van der Waals surface area contributed by atoms with Crippen molar-refractivity contribution < 1.29 is 14.3 Å². The number of aliphatic hydroxyl groups is 1. The van der Waals surface area contributed by atoms with E-state index in [9.17, 15) is 14.3 Å². The monoisotopic (exact) mass is 265 g/mol. The number of hydrogen-bond donors (Lipinski definition) is 1. The number of Topliss-reactive ketones (excluding diaryl/α,β-unsaturated/α-hetero) is 1. The average Bonchev–Trinajstić information content (AvgIpc) is 2.36. The van der Waals surface area contributed by atoms with Crippen molar-refractivity contribution in [2.24, 2.45) is 5.92 Å². The van der Waals surface area contributed by atoms with Crippen LogP contribution in [-0.4, -0.2) is 41.5 Å². The van der Waals surface area contributed by atoms with Crippen molar-refractivity contribution in [1.82, 2.24) is 4.90 Å². The fraction of sp³-hybridized carbons (Fsp3) is 0.533. The third-order valence-electron chi connectivity index (χ3n) is 3.93. The molecule has 0 amide bonds. The normalized spacial score (nSPS) is 24.1. The van der Waals surface area contributed by atoms with Crippen LogP contribution in [-0.2, 0) is 0 Å². The lowest BCUT2D eigenvalue weighted by atomic mass is 9.82. The summed E-state index contributed by atoms with van der Waals surface area (Å²) in [6, 6.07) is 5.43. The van der Waals surface area contributed by atoms with E-state index in [1.807, 2.05) is 18.9 Å². The molecule has 0 aromatic heterocycles. The van der Waals surface area contributed by atoms with Gasteiger partial charge in [0.15, 0.2) is 5.78 Å². The summed E-state index contributed by atoms with van der Waals surface area (Å²) in [5.41, 5.74) is 0.536. The van der Waals surface area contributed by atoms with Crippen molar-refractivity contribution in [3.05, 3.63) is 35.6 Å². The summed E-state index contributed by atoms with van der Waals surface area (Å²) in [6.07, 6.45) is 1.48. The molecule has 0 aliphatic heterocycles. The smallest absolute Gasteiger partial charge is 0.179 e. The van der Waals surface area contributed by atoms with Crippen LogP contribution in [0.25, 0.3) is 0 Å². The van der Waals surface area contributed by atoms with Gasteiger partial charge in [0.2, 0.25) is 0 Å². The van der Waals surface area contributed by atoms with Gasteiger partial charge in [0.25, 0.3) is 0 Å². The van der Waals surface area contributed by atoms with Crippen molar-refractivity contribution >= 4 is 5.78 Å². The topological polar surface area (TPSA) is 40.5 Å². The molecule has 1 atom stereocenters. The van der Waals surface area contributed by atoms with E-state index >= 15 is 0 Å². The van der Waals surface area contributed by atoms with E-state index in [4.69, 9.17) is 0 Å². The van der Waals surface area contributed by atoms with Crippen LogP contribution >= 0.6 is 0 Å². The molecule has 2 rings (SSSR count). The molecule has 1 fully saturated rings. The predicted octanol–water partition coefficient (Wildman–Crippen LogP) is 2.10. The Balaban J connectivity index is 1.92. The molecule has 1 aromatic rings. The molecule has 1 aliphatic rings. The molecule has 4 heteroatoms. The number of rotatable bonds is 5. The lowest BCUT2D eigenvalue weighted by Gasteiger charge is -2.36. The summed E-state index contributed by atoms with van der Waals surface area (Å²) in [7, 11) is 1.91. The lowest BCUT2D eigenvalue weighted by Crippen LogP contribution is -2.43. The standard InChI is InChI=1S/C15H20FNO2/c1-10(17(2)9-11-7-14(18)8-11)15(19)12-3-5-13(16)6-4-12/h3-6,10-11,14,18H,7-9H2,1-2H3. The summed E-state index contributed by atoms with van der Waals surface area (Å²) >= 11 is 0. The highest BCUT2D eigenvalue weighted by molar-refractivity contribution is 5.99. The van der Waals surface area contributed by atoms with Gasteiger partial charge in [-0.15, -0.1) is 0 Å². The summed E-state index contributed by atoms with van der Waals surface area (Å²) < 4.78 is 12.8. The van der Waals surface area contributed by atoms with Gasteiger partial charge in [-0.2, -0.15) is 0 Å². The maximum Gasteiger partial charge on any atom is 0.179 e. The summed E-state index contributed by atoms with van der Waals surface area (Å²) in [4.78, 5) is 14.2. The Kier molecular flexibility index (Phi) is 4.32. The maximum absolute atomic E-state index is 12.8. The van der Waals surface area contributed by atoms with Gasteiger partial charge in [0, 0.05) is 12.1 Å². The Morgan fingerprint density at radius 3 is 2.53 bits per heavy atom. The first-order valence-electron chi connectivity index (χ1n) is 6.65. The number of hydrogen-bond acceptors (Lipinski definition) is 3. The number of likely N-dealkylation sites (N-methyl/N-ethyl adjacent to an activating group) is 1. The second-order valence-corrected chi connectivity index (χ2v) is 5.48. The molecule has 0 bridgehead atoms. The fourth-order valence-corrected chi connectivity index (χ4v) is 2.47. The number of aliphatic hydroxyl groups excluding tert-OH is 1. The second kappa shape index (κ2) is 5.80. The van der Waals surface area contributed by atoms with Crippen molar-refractivity contribution in [2.45, 2.75) is 31.9 Å². The van der Waals surface area contributed by atoms with Crippen LogP contribution in [0, 0.1) is 11.7 Å². The number of carbonyl (C=O) groups excluding carboxylic acids is 1. The van der Waals surface area contributed by atoms with Crippen LogP contribution in [0.5, 0.6) is 0 Å². The van der Waals surface area contributed by atoms with E-state index in [-0.39, 0.29) is 23.7 Å². The fourth-order valence-electron chi connectivity index (χ4n) is 2.47. The van der Waals surface area contributed by atoms with Gasteiger partial charge in [0.05, 0.1) is 12.1 Å². The minimum atomic E-state index is -0.332. The second-order valence-electron chi connectivity index (χ2n) is 5.48. The van der Waals surface area contributed by atoms with E-state index in [1.54, 1.807) is 0 Å². The van der Waals surface area contributed by atoms with Crippen LogP contribution in [0.1, 0.15) is 30.1 Å². The molecule has 1 N–H and O–H groups in total. The van der Waals surface area contributed by atoms with Gasteiger partial charge in [-0.3, -0.25) is 9.69 Å². The maximum atomic E-state index is 12.8. The highest BCUT2D eigenvalue weighted by atomic mass is 19.1. The van der Waals surface area contributed by atoms with Crippen LogP contribution in [0.3, 0.4) is 0 Å². The van der Waals surface area contributed by atoms with Gasteiger partial charge in [-0.25, -0.2) is 4.39 Å². The minimum absolute atomic E-state index is 0.00220. The van der Waals surface area contributed by atoms with E-state index in [2.05, 4.69) is 0 Å². The molecule has 0 radical (unpaired) electrons. The zero-order chi connectivity index (χ0) is 14.0. The number of ketones is 1. The van der Waals surface area contributed by atoms with E-state index in [1.165, 1.54) is 24.3 Å². The zero-order valence-electron chi connectivity index (χ0n) is 11.3. The van der Waals surface area contributed by atoms with Gasteiger partial charge >= 0.3 is 0 Å². The Hall–Kier alpha value is -1.26. The van der Waals surface area contributed by atoms with Crippen molar-refractivity contribution in [1.29, 1.82) is 0 Å². The SMILES string of the molecule is CC(C(=O)c1ccc(F)cc1)N(C)CC1CC(O)C1. The van der Waals surface area contributed by atoms with Crippen LogP contribution in [0.4, 0.5) is 4.39 Å².